The van der Waals surface area contributed by atoms with E-state index in [0.717, 1.165) is 5.56 Å². The molecule has 7 nitrogen and oxygen atoms in total. The summed E-state index contributed by atoms with van der Waals surface area (Å²) in [6.45, 7) is 3.77. The minimum Gasteiger partial charge on any atom is -0.496 e. The molecular formula is C19H25NO6S. The maximum Gasteiger partial charge on any atom is 0.240 e. The largest absolute Gasteiger partial charge is 0.496 e. The van der Waals surface area contributed by atoms with Crippen LogP contribution < -0.4 is 23.7 Å². The van der Waals surface area contributed by atoms with Gasteiger partial charge in [-0.2, -0.15) is 0 Å². The molecule has 0 atom stereocenters. The van der Waals surface area contributed by atoms with Gasteiger partial charge in [0.05, 0.1) is 26.2 Å². The van der Waals surface area contributed by atoms with Gasteiger partial charge in [0.15, 0.2) is 11.5 Å². The molecule has 148 valence electrons. The van der Waals surface area contributed by atoms with E-state index in [2.05, 4.69) is 4.72 Å². The molecule has 0 unspecified atom stereocenters. The zero-order chi connectivity index (χ0) is 20.0. The summed E-state index contributed by atoms with van der Waals surface area (Å²) >= 11 is 0. The first-order chi connectivity index (χ1) is 12.8. The predicted octanol–water partition coefficient (Wildman–Crippen LogP) is 2.69. The molecule has 0 heterocycles. The smallest absolute Gasteiger partial charge is 0.240 e. The summed E-state index contributed by atoms with van der Waals surface area (Å²) in [6.07, 6.45) is 0. The number of aryl methyl sites for hydroxylation is 2. The SMILES string of the molecule is COc1cc(C)c(S(=O)(=O)NCCOc2cccc(OC)c2OC)cc1C. The summed E-state index contributed by atoms with van der Waals surface area (Å²) in [5, 5.41) is 0. The third kappa shape index (κ3) is 4.84. The Morgan fingerprint density at radius 3 is 2.19 bits per heavy atom. The van der Waals surface area contributed by atoms with E-state index < -0.39 is 10.0 Å². The predicted molar refractivity (Wildman–Crippen MR) is 103 cm³/mol. The number of para-hydroxylation sites is 1. The number of hydrogen-bond acceptors (Lipinski definition) is 6. The molecule has 0 fully saturated rings. The van der Waals surface area contributed by atoms with Gasteiger partial charge >= 0.3 is 0 Å². The van der Waals surface area contributed by atoms with Crippen molar-refractivity contribution in [3.63, 3.8) is 0 Å². The van der Waals surface area contributed by atoms with Gasteiger partial charge in [0, 0.05) is 6.54 Å². The average molecular weight is 395 g/mol. The van der Waals surface area contributed by atoms with Crippen LogP contribution in [0, 0.1) is 13.8 Å². The zero-order valence-corrected chi connectivity index (χ0v) is 17.0. The van der Waals surface area contributed by atoms with Gasteiger partial charge in [0.1, 0.15) is 12.4 Å². The van der Waals surface area contributed by atoms with Crippen LogP contribution in [0.5, 0.6) is 23.0 Å². The third-order valence-electron chi connectivity index (χ3n) is 4.00. The van der Waals surface area contributed by atoms with E-state index in [1.54, 1.807) is 51.3 Å². The molecule has 27 heavy (non-hydrogen) atoms. The van der Waals surface area contributed by atoms with Crippen LogP contribution in [0.15, 0.2) is 35.2 Å². The number of hydrogen-bond donors (Lipinski definition) is 1. The standard InChI is InChI=1S/C19H25NO6S/c1-13-12-18(14(2)11-17(13)24-4)27(21,22)20-9-10-26-16-8-6-7-15(23-3)19(16)25-5/h6-8,11-12,20H,9-10H2,1-5H3. The number of nitrogens with one attached hydrogen (secondary N) is 1. The van der Waals surface area contributed by atoms with Gasteiger partial charge in [0.2, 0.25) is 15.8 Å². The van der Waals surface area contributed by atoms with E-state index in [9.17, 15) is 8.42 Å². The van der Waals surface area contributed by atoms with Crippen LogP contribution in [0.3, 0.4) is 0 Å². The highest BCUT2D eigenvalue weighted by molar-refractivity contribution is 7.89. The van der Waals surface area contributed by atoms with Gasteiger partial charge < -0.3 is 18.9 Å². The molecule has 0 aliphatic heterocycles. The van der Waals surface area contributed by atoms with Crippen molar-refractivity contribution in [1.82, 2.24) is 4.72 Å². The molecule has 2 aromatic rings. The second kappa shape index (κ2) is 8.96. The van der Waals surface area contributed by atoms with Gasteiger partial charge in [-0.3, -0.25) is 0 Å². The Labute approximate surface area is 160 Å². The minimum absolute atomic E-state index is 0.104. The molecule has 0 aromatic heterocycles. The third-order valence-corrected chi connectivity index (χ3v) is 5.60. The number of benzene rings is 2. The van der Waals surface area contributed by atoms with Crippen molar-refractivity contribution in [3.05, 3.63) is 41.5 Å². The summed E-state index contributed by atoms with van der Waals surface area (Å²) in [6, 6.07) is 8.56. The van der Waals surface area contributed by atoms with Crippen molar-refractivity contribution in [1.29, 1.82) is 0 Å². The van der Waals surface area contributed by atoms with E-state index in [4.69, 9.17) is 18.9 Å². The minimum atomic E-state index is -3.66. The van der Waals surface area contributed by atoms with E-state index in [-0.39, 0.29) is 18.0 Å². The Bertz CT molecular complexity index is 895. The average Bonchev–Trinajstić information content (AvgIpc) is 2.66. The van der Waals surface area contributed by atoms with Crippen molar-refractivity contribution in [2.24, 2.45) is 0 Å². The molecule has 0 aliphatic rings. The Morgan fingerprint density at radius 2 is 1.56 bits per heavy atom. The molecule has 8 heteroatoms. The molecule has 0 bridgehead atoms. The lowest BCUT2D eigenvalue weighted by Gasteiger charge is -2.15. The van der Waals surface area contributed by atoms with Gasteiger partial charge in [-0.15, -0.1) is 0 Å². The number of ether oxygens (including phenoxy) is 4. The van der Waals surface area contributed by atoms with Crippen LogP contribution in [-0.2, 0) is 10.0 Å². The van der Waals surface area contributed by atoms with Gasteiger partial charge in [-0.1, -0.05) is 6.07 Å². The van der Waals surface area contributed by atoms with Crippen LogP contribution in [0.4, 0.5) is 0 Å². The zero-order valence-electron chi connectivity index (χ0n) is 16.2. The van der Waals surface area contributed by atoms with Gasteiger partial charge in [-0.05, 0) is 49.2 Å². The van der Waals surface area contributed by atoms with Crippen molar-refractivity contribution in [2.45, 2.75) is 18.7 Å². The lowest BCUT2D eigenvalue weighted by molar-refractivity contribution is 0.287. The normalized spacial score (nSPS) is 11.1. The van der Waals surface area contributed by atoms with Gasteiger partial charge in [0.25, 0.3) is 0 Å². The molecule has 0 radical (unpaired) electrons. The molecule has 0 saturated carbocycles. The lowest BCUT2D eigenvalue weighted by Crippen LogP contribution is -2.29. The van der Waals surface area contributed by atoms with E-state index >= 15 is 0 Å². The molecule has 0 amide bonds. The number of rotatable bonds is 9. The Balaban J connectivity index is 2.04. The summed E-state index contributed by atoms with van der Waals surface area (Å²) < 4.78 is 49.1. The quantitative estimate of drug-likeness (QED) is 0.658. The van der Waals surface area contributed by atoms with Gasteiger partial charge in [-0.25, -0.2) is 13.1 Å². The molecule has 1 N–H and O–H groups in total. The molecular weight excluding hydrogens is 370 g/mol. The summed E-state index contributed by atoms with van der Waals surface area (Å²) in [5.74, 6) is 2.14. The van der Waals surface area contributed by atoms with E-state index in [1.165, 1.54) is 14.2 Å². The summed E-state index contributed by atoms with van der Waals surface area (Å²) in [4.78, 5) is 0.222. The first-order valence-corrected chi connectivity index (χ1v) is 9.81. The lowest BCUT2D eigenvalue weighted by atomic mass is 10.1. The Morgan fingerprint density at radius 1 is 0.889 bits per heavy atom. The molecule has 0 saturated heterocycles. The van der Waals surface area contributed by atoms with Crippen molar-refractivity contribution < 1.29 is 27.4 Å². The fourth-order valence-electron chi connectivity index (χ4n) is 2.66. The fourth-order valence-corrected chi connectivity index (χ4v) is 3.98. The highest BCUT2D eigenvalue weighted by Crippen LogP contribution is 2.36. The first-order valence-electron chi connectivity index (χ1n) is 8.32. The van der Waals surface area contributed by atoms with Crippen LogP contribution in [0.25, 0.3) is 0 Å². The molecule has 2 aromatic carbocycles. The van der Waals surface area contributed by atoms with Crippen LogP contribution in [0.1, 0.15) is 11.1 Å². The first kappa shape index (κ1) is 20.9. The fraction of sp³-hybridized carbons (Fsp3) is 0.368. The summed E-state index contributed by atoms with van der Waals surface area (Å²) in [5.41, 5.74) is 1.36. The molecule has 0 aliphatic carbocycles. The Kier molecular flexibility index (Phi) is 6.92. The maximum absolute atomic E-state index is 12.6. The number of methoxy groups -OCH3 is 3. The number of sulfonamides is 1. The summed E-state index contributed by atoms with van der Waals surface area (Å²) in [7, 11) is 0.944. The second-order valence-electron chi connectivity index (χ2n) is 5.83. The van der Waals surface area contributed by atoms with Crippen molar-refractivity contribution in [2.75, 3.05) is 34.5 Å². The maximum atomic E-state index is 12.6. The van der Waals surface area contributed by atoms with E-state index in [1.807, 2.05) is 0 Å². The second-order valence-corrected chi connectivity index (χ2v) is 7.56. The Hall–Kier alpha value is -2.45. The molecule has 0 spiro atoms. The monoisotopic (exact) mass is 395 g/mol. The van der Waals surface area contributed by atoms with Crippen LogP contribution in [0.2, 0.25) is 0 Å². The topological polar surface area (TPSA) is 83.1 Å². The molecule has 2 rings (SSSR count). The van der Waals surface area contributed by atoms with Crippen molar-refractivity contribution >= 4 is 10.0 Å². The van der Waals surface area contributed by atoms with Crippen LogP contribution in [-0.4, -0.2) is 42.9 Å². The van der Waals surface area contributed by atoms with E-state index in [0.29, 0.717) is 28.6 Å². The van der Waals surface area contributed by atoms with Crippen molar-refractivity contribution in [3.8, 4) is 23.0 Å². The highest BCUT2D eigenvalue weighted by atomic mass is 32.2. The van der Waals surface area contributed by atoms with Crippen LogP contribution >= 0.6 is 0 Å². The highest BCUT2D eigenvalue weighted by Gasteiger charge is 2.18.